The lowest BCUT2D eigenvalue weighted by molar-refractivity contribution is 0.332. The molecule has 13 rings (SSSR count). The summed E-state index contributed by atoms with van der Waals surface area (Å²) in [6, 6.07) is 50.5. The number of fused-ring (bicyclic) bond motifs is 12. The van der Waals surface area contributed by atoms with Crippen LogP contribution in [-0.4, -0.2) is 6.71 Å². The Morgan fingerprint density at radius 2 is 1.13 bits per heavy atom. The van der Waals surface area contributed by atoms with Crippen LogP contribution in [-0.2, 0) is 27.1 Å². The molecule has 0 fully saturated rings. The first-order valence-electron chi connectivity index (χ1n) is 24.9. The summed E-state index contributed by atoms with van der Waals surface area (Å²) in [4.78, 5) is 5.41. The molecule has 0 bridgehead atoms. The van der Waals surface area contributed by atoms with Gasteiger partial charge in [0.2, 0.25) is 0 Å². The Labute approximate surface area is 411 Å². The van der Waals surface area contributed by atoms with Crippen molar-refractivity contribution in [1.82, 2.24) is 0 Å². The molecule has 0 spiro atoms. The molecule has 0 unspecified atom stereocenters. The number of hydrogen-bond donors (Lipinski definition) is 0. The van der Waals surface area contributed by atoms with Gasteiger partial charge in [0.1, 0.15) is 0 Å². The fraction of sp³-hybridized carbons (Fsp3) is 0.302. The normalized spacial score (nSPS) is 18.0. The molecule has 5 heteroatoms. The molecule has 2 aliphatic carbocycles. The summed E-state index contributed by atoms with van der Waals surface area (Å²) in [6.07, 6.45) is 2.38. The third-order valence-electron chi connectivity index (χ3n) is 17.1. The van der Waals surface area contributed by atoms with Crippen LogP contribution in [0.5, 0.6) is 0 Å². The van der Waals surface area contributed by atoms with E-state index in [9.17, 15) is 0 Å². The van der Waals surface area contributed by atoms with E-state index in [1.54, 1.807) is 0 Å². The summed E-state index contributed by atoms with van der Waals surface area (Å²) in [5.74, 6) is 0. The minimum absolute atomic E-state index is 0.00485. The van der Waals surface area contributed by atoms with Crippen molar-refractivity contribution in [2.45, 2.75) is 123 Å². The second-order valence-corrected chi connectivity index (χ2v) is 26.2. The Balaban J connectivity index is 1.18. The van der Waals surface area contributed by atoms with Crippen molar-refractivity contribution in [3.63, 3.8) is 0 Å². The summed E-state index contributed by atoms with van der Waals surface area (Å²) in [5.41, 5.74) is 21.7. The van der Waals surface area contributed by atoms with Crippen molar-refractivity contribution >= 4 is 109 Å². The van der Waals surface area contributed by atoms with Gasteiger partial charge >= 0.3 is 0 Å². The summed E-state index contributed by atoms with van der Waals surface area (Å²) >= 11 is 3.96. The van der Waals surface area contributed by atoms with E-state index >= 15 is 0 Å². The van der Waals surface area contributed by atoms with Gasteiger partial charge in [-0.2, -0.15) is 0 Å². The van der Waals surface area contributed by atoms with Gasteiger partial charge < -0.3 is 9.80 Å². The number of benzene rings is 7. The molecule has 0 saturated heterocycles. The van der Waals surface area contributed by atoms with Gasteiger partial charge in [-0.3, -0.25) is 0 Å². The maximum Gasteiger partial charge on any atom is 0.264 e. The third-order valence-corrected chi connectivity index (χ3v) is 19.6. The van der Waals surface area contributed by atoms with Crippen LogP contribution in [0.25, 0.3) is 30.3 Å². The third kappa shape index (κ3) is 5.69. The van der Waals surface area contributed by atoms with Crippen molar-refractivity contribution < 1.29 is 0 Å². The summed E-state index contributed by atoms with van der Waals surface area (Å²) in [6.45, 7) is 29.1. The lowest BCUT2D eigenvalue weighted by atomic mass is 9.35. The molecule has 0 atom stereocenters. The summed E-state index contributed by atoms with van der Waals surface area (Å²) in [7, 11) is 0. The highest BCUT2D eigenvalue weighted by Gasteiger charge is 2.49. The fourth-order valence-corrected chi connectivity index (χ4v) is 15.7. The molecule has 9 aromatic rings. The Hall–Kier alpha value is -5.62. The highest BCUT2D eigenvalue weighted by Crippen LogP contribution is 2.56. The minimum atomic E-state index is -0.200. The molecule has 2 aromatic heterocycles. The first kappa shape index (κ1) is 42.5. The van der Waals surface area contributed by atoms with Gasteiger partial charge in [-0.15, -0.1) is 22.7 Å². The van der Waals surface area contributed by atoms with Gasteiger partial charge in [0.15, 0.2) is 0 Å². The fourth-order valence-electron chi connectivity index (χ4n) is 13.2. The number of nitrogens with zero attached hydrogens (tertiary/aromatic N) is 2. The average molecular weight is 921 g/mol. The standard InChI is InChI=1S/C63H61BN2S2/c1-36-30-51-55-52(31-36)66(49-22-17-19-40-39-18-13-16-23-53(39)67-57(40)49)50-35-47-46(62(9,10)43-20-14-15-21-44(43)63(47,11)12)34-48(50)64(55)58-56(41-32-37(59(2,3)4)24-27-54(41)68-58)65(51)38-25-26-42-45(33-38)61(7,8)29-28-60(42,5)6/h13-27,30-35H,28-29H2,1-12H3. The molecule has 0 N–H and O–H groups in total. The largest absolute Gasteiger partial charge is 0.310 e. The van der Waals surface area contributed by atoms with Crippen LogP contribution < -0.4 is 25.5 Å². The maximum atomic E-state index is 2.71. The van der Waals surface area contributed by atoms with E-state index in [0.717, 1.165) is 0 Å². The first-order valence-corrected chi connectivity index (χ1v) is 26.5. The number of rotatable bonds is 2. The molecule has 0 saturated carbocycles. The van der Waals surface area contributed by atoms with Crippen LogP contribution in [0.3, 0.4) is 0 Å². The highest BCUT2D eigenvalue weighted by molar-refractivity contribution is 7.33. The first-order chi connectivity index (χ1) is 32.3. The van der Waals surface area contributed by atoms with Crippen molar-refractivity contribution in [2.75, 3.05) is 9.80 Å². The van der Waals surface area contributed by atoms with Crippen molar-refractivity contribution in [2.24, 2.45) is 0 Å². The summed E-state index contributed by atoms with van der Waals surface area (Å²) in [5, 5.41) is 4.01. The molecule has 0 amide bonds. The van der Waals surface area contributed by atoms with Crippen molar-refractivity contribution in [3.05, 3.63) is 172 Å². The summed E-state index contributed by atoms with van der Waals surface area (Å²) < 4.78 is 5.46. The number of hydrogen-bond acceptors (Lipinski definition) is 4. The average Bonchev–Trinajstić information content (AvgIpc) is 3.88. The molecule has 2 nitrogen and oxygen atoms in total. The van der Waals surface area contributed by atoms with Crippen molar-refractivity contribution in [1.29, 1.82) is 0 Å². The topological polar surface area (TPSA) is 6.48 Å². The van der Waals surface area contributed by atoms with E-state index in [1.165, 1.54) is 137 Å². The zero-order valence-electron chi connectivity index (χ0n) is 41.8. The lowest BCUT2D eigenvalue weighted by Crippen LogP contribution is -2.61. The van der Waals surface area contributed by atoms with E-state index in [1.807, 2.05) is 22.7 Å². The molecule has 7 aromatic carbocycles. The second-order valence-electron chi connectivity index (χ2n) is 24.1. The molecule has 0 radical (unpaired) electrons. The van der Waals surface area contributed by atoms with E-state index in [0.29, 0.717) is 0 Å². The SMILES string of the molecule is Cc1cc2c3c(c1)N(c1cccc4c1sc1ccccc14)c1cc4c(cc1B3c1sc3ccc(C(C)(C)C)cc3c1N2c1ccc2c(c1)C(C)(C)CCC2(C)C)C(C)(C)c1ccccc1C4(C)C. The van der Waals surface area contributed by atoms with E-state index in [4.69, 9.17) is 0 Å². The smallest absolute Gasteiger partial charge is 0.264 e. The molecular weight excluding hydrogens is 860 g/mol. The minimum Gasteiger partial charge on any atom is -0.310 e. The van der Waals surface area contributed by atoms with Gasteiger partial charge in [0.05, 0.1) is 16.1 Å². The molecule has 4 heterocycles. The monoisotopic (exact) mass is 920 g/mol. The van der Waals surface area contributed by atoms with E-state index in [2.05, 4.69) is 220 Å². The van der Waals surface area contributed by atoms with Crippen LogP contribution in [0, 0.1) is 6.92 Å². The Bertz CT molecular complexity index is 3660. The van der Waals surface area contributed by atoms with Crippen LogP contribution in [0.4, 0.5) is 34.1 Å². The quantitative estimate of drug-likeness (QED) is 0.159. The molecule has 68 heavy (non-hydrogen) atoms. The van der Waals surface area contributed by atoms with Crippen LogP contribution in [0.1, 0.15) is 134 Å². The van der Waals surface area contributed by atoms with Gasteiger partial charge in [-0.25, -0.2) is 0 Å². The molecule has 338 valence electrons. The van der Waals surface area contributed by atoms with E-state index in [-0.39, 0.29) is 33.8 Å². The Morgan fingerprint density at radius 3 is 1.85 bits per heavy atom. The van der Waals surface area contributed by atoms with Gasteiger partial charge in [0, 0.05) is 63.9 Å². The Morgan fingerprint density at radius 1 is 0.500 bits per heavy atom. The predicted molar refractivity (Wildman–Crippen MR) is 298 cm³/mol. The highest BCUT2D eigenvalue weighted by atomic mass is 32.1. The van der Waals surface area contributed by atoms with Crippen LogP contribution in [0.2, 0.25) is 0 Å². The van der Waals surface area contributed by atoms with Crippen LogP contribution >= 0.6 is 22.7 Å². The number of thiophene rings is 2. The van der Waals surface area contributed by atoms with Gasteiger partial charge in [-0.05, 0) is 146 Å². The zero-order chi connectivity index (χ0) is 47.2. The lowest BCUT2D eigenvalue weighted by Gasteiger charge is -2.48. The van der Waals surface area contributed by atoms with E-state index < -0.39 is 0 Å². The number of aryl methyl sites for hydroxylation is 1. The molecule has 2 aliphatic heterocycles. The second kappa shape index (κ2) is 13.8. The predicted octanol–water partition coefficient (Wildman–Crippen LogP) is 16.3. The van der Waals surface area contributed by atoms with Gasteiger partial charge in [-0.1, -0.05) is 149 Å². The van der Waals surface area contributed by atoms with Gasteiger partial charge in [0.25, 0.3) is 6.71 Å². The number of anilines is 6. The molecule has 4 aliphatic rings. The van der Waals surface area contributed by atoms with Crippen LogP contribution in [0.15, 0.2) is 127 Å². The maximum absolute atomic E-state index is 2.71. The Kier molecular flexibility index (Phi) is 8.62. The van der Waals surface area contributed by atoms with Crippen molar-refractivity contribution in [3.8, 4) is 0 Å². The molecular formula is C63H61BN2S2. The zero-order valence-corrected chi connectivity index (χ0v) is 43.5.